The molecule has 1 atom stereocenters. The first-order valence-electron chi connectivity index (χ1n) is 9.30. The molecule has 0 unspecified atom stereocenters. The minimum Gasteiger partial charge on any atom is -0.464 e. The molecule has 1 aliphatic heterocycles. The number of benzene rings is 2. The molecular formula is C21H25NO4S. The van der Waals surface area contributed by atoms with Crippen LogP contribution in [0.1, 0.15) is 30.4 Å². The molecule has 0 amide bonds. The number of carbonyl (C=O) groups is 1. The van der Waals surface area contributed by atoms with Gasteiger partial charge in [0, 0.05) is 6.54 Å². The van der Waals surface area contributed by atoms with Crippen LogP contribution in [0.3, 0.4) is 0 Å². The Labute approximate surface area is 161 Å². The molecule has 0 bridgehead atoms. The Balaban J connectivity index is 1.53. The summed E-state index contributed by atoms with van der Waals surface area (Å²) in [7, 11) is -3.55. The SMILES string of the molecule is O=C(OCCCc1ccccc1)[C@@H]1CCCN1S(=O)(=O)Cc1ccccc1. The van der Waals surface area contributed by atoms with E-state index in [-0.39, 0.29) is 5.75 Å². The highest BCUT2D eigenvalue weighted by atomic mass is 32.2. The predicted octanol–water partition coefficient (Wildman–Crippen LogP) is 3.16. The highest BCUT2D eigenvalue weighted by Crippen LogP contribution is 2.24. The molecule has 2 aromatic carbocycles. The molecule has 1 fully saturated rings. The minimum absolute atomic E-state index is 0.0916. The highest BCUT2D eigenvalue weighted by molar-refractivity contribution is 7.88. The van der Waals surface area contributed by atoms with Gasteiger partial charge in [-0.3, -0.25) is 4.79 Å². The quantitative estimate of drug-likeness (QED) is 0.516. The molecule has 144 valence electrons. The minimum atomic E-state index is -3.55. The van der Waals surface area contributed by atoms with Crippen molar-refractivity contribution >= 4 is 16.0 Å². The summed E-state index contributed by atoms with van der Waals surface area (Å²) < 4.78 is 32.2. The number of hydrogen-bond donors (Lipinski definition) is 0. The van der Waals surface area contributed by atoms with Crippen LogP contribution in [0.5, 0.6) is 0 Å². The van der Waals surface area contributed by atoms with Crippen molar-refractivity contribution in [2.45, 2.75) is 37.5 Å². The molecule has 1 aliphatic rings. The highest BCUT2D eigenvalue weighted by Gasteiger charge is 2.39. The average molecular weight is 388 g/mol. The van der Waals surface area contributed by atoms with E-state index in [1.165, 1.54) is 9.87 Å². The fourth-order valence-corrected chi connectivity index (χ4v) is 5.13. The van der Waals surface area contributed by atoms with E-state index in [2.05, 4.69) is 0 Å². The maximum atomic E-state index is 12.8. The topological polar surface area (TPSA) is 63.7 Å². The molecule has 1 saturated heterocycles. The van der Waals surface area contributed by atoms with Crippen molar-refractivity contribution in [3.63, 3.8) is 0 Å². The molecule has 1 heterocycles. The van der Waals surface area contributed by atoms with Crippen molar-refractivity contribution < 1.29 is 17.9 Å². The fourth-order valence-electron chi connectivity index (χ4n) is 3.37. The summed E-state index contributed by atoms with van der Waals surface area (Å²) in [6.07, 6.45) is 2.75. The summed E-state index contributed by atoms with van der Waals surface area (Å²) in [4.78, 5) is 12.4. The predicted molar refractivity (Wildman–Crippen MR) is 105 cm³/mol. The number of carbonyl (C=O) groups excluding carboxylic acids is 1. The molecule has 6 heteroatoms. The van der Waals surface area contributed by atoms with Crippen LogP contribution in [0, 0.1) is 0 Å². The normalized spacial score (nSPS) is 17.7. The van der Waals surface area contributed by atoms with E-state index in [0.29, 0.717) is 26.0 Å². The maximum Gasteiger partial charge on any atom is 0.324 e. The Morgan fingerprint density at radius 1 is 1.00 bits per heavy atom. The molecule has 0 saturated carbocycles. The van der Waals surface area contributed by atoms with Crippen LogP contribution in [0.4, 0.5) is 0 Å². The Bertz CT molecular complexity index is 837. The molecular weight excluding hydrogens is 362 g/mol. The fraction of sp³-hybridized carbons (Fsp3) is 0.381. The number of hydrogen-bond acceptors (Lipinski definition) is 4. The van der Waals surface area contributed by atoms with Gasteiger partial charge >= 0.3 is 5.97 Å². The van der Waals surface area contributed by atoms with Crippen LogP contribution in [-0.4, -0.2) is 37.9 Å². The van der Waals surface area contributed by atoms with Crippen LogP contribution >= 0.6 is 0 Å². The van der Waals surface area contributed by atoms with Gasteiger partial charge in [0.05, 0.1) is 12.4 Å². The number of nitrogens with zero attached hydrogens (tertiary/aromatic N) is 1. The third-order valence-corrected chi connectivity index (χ3v) is 6.57. The van der Waals surface area contributed by atoms with Gasteiger partial charge in [0.15, 0.2) is 0 Å². The van der Waals surface area contributed by atoms with Gasteiger partial charge in [-0.05, 0) is 36.8 Å². The Hall–Kier alpha value is -2.18. The van der Waals surface area contributed by atoms with Crippen LogP contribution < -0.4 is 0 Å². The van der Waals surface area contributed by atoms with Crippen LogP contribution in [0.15, 0.2) is 60.7 Å². The molecule has 0 aliphatic carbocycles. The van der Waals surface area contributed by atoms with Crippen molar-refractivity contribution in [1.29, 1.82) is 0 Å². The standard InChI is InChI=1S/C21H25NO4S/c23-21(26-16-8-13-18-9-3-1-4-10-18)20-14-7-15-22(20)27(24,25)17-19-11-5-2-6-12-19/h1-6,9-12,20H,7-8,13-17H2/t20-/m0/s1. The second-order valence-corrected chi connectivity index (χ2v) is 8.69. The zero-order valence-corrected chi connectivity index (χ0v) is 16.1. The van der Waals surface area contributed by atoms with Gasteiger partial charge in [-0.2, -0.15) is 4.31 Å². The number of esters is 1. The van der Waals surface area contributed by atoms with Gasteiger partial charge < -0.3 is 4.74 Å². The van der Waals surface area contributed by atoms with E-state index in [1.807, 2.05) is 48.5 Å². The summed E-state index contributed by atoms with van der Waals surface area (Å²) in [6, 6.07) is 18.3. The van der Waals surface area contributed by atoms with Gasteiger partial charge in [0.1, 0.15) is 6.04 Å². The maximum absolute atomic E-state index is 12.8. The second kappa shape index (κ2) is 9.15. The number of ether oxygens (including phenoxy) is 1. The van der Waals surface area contributed by atoms with Gasteiger partial charge in [-0.1, -0.05) is 60.7 Å². The first kappa shape index (κ1) is 19.6. The average Bonchev–Trinajstić information content (AvgIpc) is 3.17. The van der Waals surface area contributed by atoms with Crippen molar-refractivity contribution in [3.05, 3.63) is 71.8 Å². The summed E-state index contributed by atoms with van der Waals surface area (Å²) in [5.41, 5.74) is 1.92. The van der Waals surface area contributed by atoms with Crippen LogP contribution in [0.25, 0.3) is 0 Å². The molecule has 0 aromatic heterocycles. The Morgan fingerprint density at radius 3 is 2.30 bits per heavy atom. The van der Waals surface area contributed by atoms with E-state index < -0.39 is 22.0 Å². The lowest BCUT2D eigenvalue weighted by Crippen LogP contribution is -2.42. The molecule has 0 spiro atoms. The van der Waals surface area contributed by atoms with Gasteiger partial charge in [-0.25, -0.2) is 8.42 Å². The number of rotatable bonds is 8. The third-order valence-electron chi connectivity index (χ3n) is 4.72. The second-order valence-electron chi connectivity index (χ2n) is 6.77. The lowest BCUT2D eigenvalue weighted by molar-refractivity contribution is -0.147. The van der Waals surface area contributed by atoms with Crippen LogP contribution in [-0.2, 0) is 31.7 Å². The third kappa shape index (κ3) is 5.40. The summed E-state index contributed by atoms with van der Waals surface area (Å²) in [5, 5.41) is 0. The van der Waals surface area contributed by atoms with Crippen molar-refractivity contribution in [3.8, 4) is 0 Å². The summed E-state index contributed by atoms with van der Waals surface area (Å²) in [5.74, 6) is -0.525. The first-order chi connectivity index (χ1) is 13.1. The van der Waals surface area contributed by atoms with E-state index in [1.54, 1.807) is 12.1 Å². The molecule has 5 nitrogen and oxygen atoms in total. The van der Waals surface area contributed by atoms with Crippen molar-refractivity contribution in [2.75, 3.05) is 13.2 Å². The number of aryl methyl sites for hydroxylation is 1. The van der Waals surface area contributed by atoms with E-state index in [4.69, 9.17) is 4.74 Å². The number of sulfonamides is 1. The summed E-state index contributed by atoms with van der Waals surface area (Å²) in [6.45, 7) is 0.676. The van der Waals surface area contributed by atoms with Crippen molar-refractivity contribution in [2.24, 2.45) is 0 Å². The van der Waals surface area contributed by atoms with E-state index in [0.717, 1.165) is 18.4 Å². The summed E-state index contributed by atoms with van der Waals surface area (Å²) >= 11 is 0. The Morgan fingerprint density at radius 2 is 1.63 bits per heavy atom. The van der Waals surface area contributed by atoms with E-state index in [9.17, 15) is 13.2 Å². The first-order valence-corrected chi connectivity index (χ1v) is 10.9. The molecule has 0 radical (unpaired) electrons. The molecule has 2 aromatic rings. The Kier molecular flexibility index (Phi) is 6.63. The van der Waals surface area contributed by atoms with Gasteiger partial charge in [0.25, 0.3) is 0 Å². The van der Waals surface area contributed by atoms with Gasteiger partial charge in [-0.15, -0.1) is 0 Å². The zero-order chi connectivity index (χ0) is 19.1. The smallest absolute Gasteiger partial charge is 0.324 e. The lowest BCUT2D eigenvalue weighted by atomic mass is 10.1. The van der Waals surface area contributed by atoms with Crippen LogP contribution in [0.2, 0.25) is 0 Å². The monoisotopic (exact) mass is 387 g/mol. The largest absolute Gasteiger partial charge is 0.464 e. The molecule has 27 heavy (non-hydrogen) atoms. The zero-order valence-electron chi connectivity index (χ0n) is 15.3. The van der Waals surface area contributed by atoms with Crippen molar-refractivity contribution in [1.82, 2.24) is 4.31 Å². The lowest BCUT2D eigenvalue weighted by Gasteiger charge is -2.22. The molecule has 3 rings (SSSR count). The molecule has 0 N–H and O–H groups in total. The van der Waals surface area contributed by atoms with Gasteiger partial charge in [0.2, 0.25) is 10.0 Å². The van der Waals surface area contributed by atoms with E-state index >= 15 is 0 Å².